The Balaban J connectivity index is 2.29. The fourth-order valence-electron chi connectivity index (χ4n) is 2.33. The van der Waals surface area contributed by atoms with Gasteiger partial charge in [0.25, 0.3) is 0 Å². The average Bonchev–Trinajstić information content (AvgIpc) is 2.62. The van der Waals surface area contributed by atoms with Crippen LogP contribution in [-0.2, 0) is 9.59 Å². The first-order valence-corrected chi connectivity index (χ1v) is 8.71. The minimum atomic E-state index is -1.09. The number of benzene rings is 2. The third-order valence-corrected chi connectivity index (χ3v) is 5.24. The molecule has 2 rings (SSSR count). The largest absolute Gasteiger partial charge is 0.298 e. The molecule has 0 radical (unpaired) electrons. The van der Waals surface area contributed by atoms with Crippen molar-refractivity contribution in [2.24, 2.45) is 0 Å². The molecule has 2 aromatic rings. The first kappa shape index (κ1) is 18.8. The Kier molecular flexibility index (Phi) is 6.42. The zero-order valence-corrected chi connectivity index (χ0v) is 14.8. The van der Waals surface area contributed by atoms with Crippen molar-refractivity contribution in [1.82, 2.24) is 0 Å². The number of rotatable bonds is 8. The van der Waals surface area contributed by atoms with Crippen LogP contribution >= 0.6 is 11.8 Å². The average molecular weight is 354 g/mol. The summed E-state index contributed by atoms with van der Waals surface area (Å²) in [6, 6.07) is 16.8. The molecule has 0 bridgehead atoms. The zero-order valence-electron chi connectivity index (χ0n) is 14.0. The van der Waals surface area contributed by atoms with Crippen LogP contribution in [0.15, 0.2) is 60.7 Å². The van der Waals surface area contributed by atoms with Crippen LogP contribution < -0.4 is 0 Å². The Morgan fingerprint density at radius 3 is 1.24 bits per heavy atom. The number of thioether (sulfide) groups is 1. The molecule has 5 heteroatoms. The van der Waals surface area contributed by atoms with Crippen LogP contribution in [0.5, 0.6) is 0 Å². The van der Waals surface area contributed by atoms with E-state index in [0.29, 0.717) is 11.1 Å². The summed E-state index contributed by atoms with van der Waals surface area (Å²) in [5.74, 6) is -1.56. The number of carbonyl (C=O) groups is 4. The molecule has 2 unspecified atom stereocenters. The van der Waals surface area contributed by atoms with E-state index in [2.05, 4.69) is 0 Å². The van der Waals surface area contributed by atoms with E-state index >= 15 is 0 Å². The van der Waals surface area contributed by atoms with Gasteiger partial charge < -0.3 is 0 Å². The van der Waals surface area contributed by atoms with Gasteiger partial charge in [0.1, 0.15) is 10.5 Å². The summed E-state index contributed by atoms with van der Waals surface area (Å²) in [6.45, 7) is 2.59. The molecule has 2 atom stereocenters. The van der Waals surface area contributed by atoms with Crippen molar-refractivity contribution in [2.45, 2.75) is 24.3 Å². The highest BCUT2D eigenvalue weighted by Gasteiger charge is 2.34. The van der Waals surface area contributed by atoms with Crippen molar-refractivity contribution in [3.05, 3.63) is 71.8 Å². The van der Waals surface area contributed by atoms with E-state index in [0.717, 1.165) is 11.8 Å². The quantitative estimate of drug-likeness (QED) is 0.537. The van der Waals surface area contributed by atoms with Crippen LogP contribution in [0.3, 0.4) is 0 Å². The molecule has 128 valence electrons. The van der Waals surface area contributed by atoms with Crippen LogP contribution in [0.2, 0.25) is 0 Å². The predicted molar refractivity (Wildman–Crippen MR) is 98.1 cm³/mol. The number of hydrogen-bond acceptors (Lipinski definition) is 5. The van der Waals surface area contributed by atoms with Crippen LogP contribution in [0, 0.1) is 0 Å². The first-order chi connectivity index (χ1) is 11.9. The Hall–Kier alpha value is -2.53. The smallest absolute Gasteiger partial charge is 0.183 e. The van der Waals surface area contributed by atoms with Gasteiger partial charge in [-0.05, 0) is 13.8 Å². The van der Waals surface area contributed by atoms with E-state index < -0.39 is 22.1 Å². The van der Waals surface area contributed by atoms with E-state index in [-0.39, 0.29) is 11.6 Å². The Labute approximate surface area is 150 Å². The second kappa shape index (κ2) is 8.53. The maximum atomic E-state index is 12.6. The number of carbonyl (C=O) groups excluding carboxylic acids is 4. The predicted octanol–water partition coefficient (Wildman–Crippen LogP) is 3.40. The summed E-state index contributed by atoms with van der Waals surface area (Å²) in [6.07, 6.45) is 0. The third-order valence-electron chi connectivity index (χ3n) is 3.60. The lowest BCUT2D eigenvalue weighted by Gasteiger charge is -2.18. The normalized spacial score (nSPS) is 12.9. The summed E-state index contributed by atoms with van der Waals surface area (Å²) < 4.78 is 0. The molecule has 0 heterocycles. The molecule has 0 fully saturated rings. The summed E-state index contributed by atoms with van der Waals surface area (Å²) in [5, 5.41) is -2.19. The lowest BCUT2D eigenvalue weighted by atomic mass is 10.1. The highest BCUT2D eigenvalue weighted by atomic mass is 32.2. The number of hydrogen-bond donors (Lipinski definition) is 0. The fraction of sp³-hybridized carbons (Fsp3) is 0.200. The van der Waals surface area contributed by atoms with Gasteiger partial charge in [-0.25, -0.2) is 0 Å². The van der Waals surface area contributed by atoms with E-state index in [1.165, 1.54) is 13.8 Å². The van der Waals surface area contributed by atoms with Gasteiger partial charge in [-0.15, -0.1) is 11.8 Å². The molecule has 0 spiro atoms. The minimum Gasteiger partial charge on any atom is -0.298 e. The van der Waals surface area contributed by atoms with E-state index in [4.69, 9.17) is 0 Å². The maximum absolute atomic E-state index is 12.6. The number of ketones is 4. The fourth-order valence-corrected chi connectivity index (χ4v) is 3.50. The van der Waals surface area contributed by atoms with Crippen molar-refractivity contribution in [2.75, 3.05) is 0 Å². The maximum Gasteiger partial charge on any atom is 0.183 e. The van der Waals surface area contributed by atoms with Gasteiger partial charge in [0.2, 0.25) is 0 Å². The lowest BCUT2D eigenvalue weighted by molar-refractivity contribution is -0.116. The highest BCUT2D eigenvalue weighted by Crippen LogP contribution is 2.26. The molecular formula is C20H18O4S. The van der Waals surface area contributed by atoms with Gasteiger partial charge in [0, 0.05) is 11.1 Å². The van der Waals surface area contributed by atoms with Crippen molar-refractivity contribution in [3.63, 3.8) is 0 Å². The number of Topliss-reactive ketones (excluding diaryl/α,β-unsaturated/α-hetero) is 4. The van der Waals surface area contributed by atoms with Gasteiger partial charge in [-0.3, -0.25) is 19.2 Å². The molecule has 0 N–H and O–H groups in total. The van der Waals surface area contributed by atoms with Crippen LogP contribution in [0.4, 0.5) is 0 Å². The van der Waals surface area contributed by atoms with Gasteiger partial charge in [-0.2, -0.15) is 0 Å². The van der Waals surface area contributed by atoms with Crippen molar-refractivity contribution < 1.29 is 19.2 Å². The van der Waals surface area contributed by atoms with Crippen molar-refractivity contribution in [3.8, 4) is 0 Å². The second-order valence-electron chi connectivity index (χ2n) is 5.58. The molecule has 25 heavy (non-hydrogen) atoms. The molecule has 0 aliphatic heterocycles. The first-order valence-electron chi connectivity index (χ1n) is 7.76. The molecule has 2 aromatic carbocycles. The highest BCUT2D eigenvalue weighted by molar-refractivity contribution is 8.03. The summed E-state index contributed by atoms with van der Waals surface area (Å²) in [5.41, 5.74) is 0.759. The van der Waals surface area contributed by atoms with Gasteiger partial charge >= 0.3 is 0 Å². The summed E-state index contributed by atoms with van der Waals surface area (Å²) in [4.78, 5) is 49.3. The second-order valence-corrected chi connectivity index (χ2v) is 6.79. The van der Waals surface area contributed by atoms with Crippen LogP contribution in [0.25, 0.3) is 0 Å². The Bertz CT molecular complexity index is 716. The minimum absolute atomic E-state index is 0.379. The lowest BCUT2D eigenvalue weighted by Crippen LogP contribution is -2.34. The third kappa shape index (κ3) is 4.73. The topological polar surface area (TPSA) is 68.3 Å². The molecule has 0 aromatic heterocycles. The monoisotopic (exact) mass is 354 g/mol. The van der Waals surface area contributed by atoms with Crippen LogP contribution in [0.1, 0.15) is 34.6 Å². The van der Waals surface area contributed by atoms with E-state index in [9.17, 15) is 19.2 Å². The standard InChI is InChI=1S/C20H18O4S/c1-13(21)19(17(23)15-9-5-3-6-10-15)25-20(14(2)22)18(24)16-11-7-4-8-12-16/h3-12,19-20H,1-2H3. The van der Waals surface area contributed by atoms with Crippen molar-refractivity contribution in [1.29, 1.82) is 0 Å². The molecular weight excluding hydrogens is 336 g/mol. The molecule has 0 amide bonds. The van der Waals surface area contributed by atoms with E-state index in [1.807, 2.05) is 0 Å². The molecule has 0 aliphatic carbocycles. The summed E-state index contributed by atoms with van der Waals surface area (Å²) >= 11 is 0.814. The Morgan fingerprint density at radius 2 is 0.960 bits per heavy atom. The molecule has 4 nitrogen and oxygen atoms in total. The Morgan fingerprint density at radius 1 is 0.640 bits per heavy atom. The molecule has 0 saturated heterocycles. The summed E-state index contributed by atoms with van der Waals surface area (Å²) in [7, 11) is 0. The zero-order chi connectivity index (χ0) is 18.4. The van der Waals surface area contributed by atoms with Crippen LogP contribution in [-0.4, -0.2) is 33.6 Å². The SMILES string of the molecule is CC(=O)C(SC(C(C)=O)C(=O)c1ccccc1)C(=O)c1ccccc1. The van der Waals surface area contributed by atoms with Gasteiger partial charge in [-0.1, -0.05) is 60.7 Å². The van der Waals surface area contributed by atoms with Gasteiger partial charge in [0.05, 0.1) is 0 Å². The van der Waals surface area contributed by atoms with Crippen molar-refractivity contribution >= 4 is 34.9 Å². The molecule has 0 saturated carbocycles. The van der Waals surface area contributed by atoms with E-state index in [1.54, 1.807) is 60.7 Å². The molecule has 0 aliphatic rings. The van der Waals surface area contributed by atoms with Gasteiger partial charge in [0.15, 0.2) is 23.1 Å².